The molecular weight excluding hydrogens is 390 g/mol. The second-order valence-electron chi connectivity index (χ2n) is 6.83. The molecule has 0 atom stereocenters. The predicted octanol–water partition coefficient (Wildman–Crippen LogP) is 1.99. The first-order valence-corrected chi connectivity index (χ1v) is 9.77. The molecule has 0 bridgehead atoms. The highest BCUT2D eigenvalue weighted by Gasteiger charge is 2.21. The molecule has 10 heteroatoms. The monoisotopic (exact) mass is 411 g/mol. The van der Waals surface area contributed by atoms with E-state index in [1.807, 2.05) is 0 Å². The van der Waals surface area contributed by atoms with Gasteiger partial charge in [-0.15, -0.1) is 0 Å². The number of esters is 1. The highest BCUT2D eigenvalue weighted by atomic mass is 16.5. The third-order valence-corrected chi connectivity index (χ3v) is 4.74. The summed E-state index contributed by atoms with van der Waals surface area (Å²) in [6.07, 6.45) is 3.73. The van der Waals surface area contributed by atoms with Crippen molar-refractivity contribution in [1.82, 2.24) is 19.7 Å². The lowest BCUT2D eigenvalue weighted by atomic mass is 10.3. The number of aryl methyl sites for hydroxylation is 1. The number of hydrogen-bond donors (Lipinski definition) is 2. The first-order chi connectivity index (χ1) is 14.5. The second kappa shape index (κ2) is 8.36. The minimum absolute atomic E-state index is 0.0349. The summed E-state index contributed by atoms with van der Waals surface area (Å²) in [6.45, 7) is 1.97. The first kappa shape index (κ1) is 19.6. The van der Waals surface area contributed by atoms with Gasteiger partial charge in [-0.25, -0.2) is 4.98 Å². The number of nitrogens with one attached hydrogen (secondary N) is 2. The number of fused-ring (bicyclic) bond motifs is 1. The minimum atomic E-state index is -0.443. The Balaban J connectivity index is 1.64. The molecule has 2 N–H and O–H groups in total. The van der Waals surface area contributed by atoms with E-state index in [9.17, 15) is 14.4 Å². The standard InChI is InChI=1S/C20H21N5O5/c1-2-29-18(27)9-8-17(26)22-16-11-14(15-7-4-10-30-15)24-25(16)20-21-13-6-3-5-12(13)19(28)23-20/h4,7,10-11H,2-3,5-6,8-9H2,1H3,(H,22,26)(H,21,23,28). The minimum Gasteiger partial charge on any atom is -0.466 e. The number of furan rings is 1. The number of carbonyl (C=O) groups is 2. The van der Waals surface area contributed by atoms with E-state index >= 15 is 0 Å². The van der Waals surface area contributed by atoms with E-state index in [0.29, 0.717) is 29.3 Å². The van der Waals surface area contributed by atoms with Gasteiger partial charge in [0.05, 0.1) is 25.0 Å². The zero-order valence-electron chi connectivity index (χ0n) is 16.4. The van der Waals surface area contributed by atoms with Gasteiger partial charge in [0.15, 0.2) is 5.76 Å². The van der Waals surface area contributed by atoms with Crippen LogP contribution in [0, 0.1) is 0 Å². The number of nitrogens with zero attached hydrogens (tertiary/aromatic N) is 3. The molecule has 0 radical (unpaired) electrons. The molecule has 3 aromatic rings. The van der Waals surface area contributed by atoms with Gasteiger partial charge in [-0.1, -0.05) is 0 Å². The van der Waals surface area contributed by atoms with Gasteiger partial charge in [0.2, 0.25) is 11.9 Å². The zero-order valence-corrected chi connectivity index (χ0v) is 16.4. The van der Waals surface area contributed by atoms with Crippen LogP contribution in [0.2, 0.25) is 0 Å². The van der Waals surface area contributed by atoms with E-state index in [1.165, 1.54) is 10.9 Å². The topological polar surface area (TPSA) is 132 Å². The Morgan fingerprint density at radius 2 is 2.20 bits per heavy atom. The van der Waals surface area contributed by atoms with Gasteiger partial charge in [0.1, 0.15) is 11.5 Å². The number of amides is 1. The molecule has 1 aliphatic carbocycles. The number of rotatable bonds is 7. The molecule has 0 aliphatic heterocycles. The van der Waals surface area contributed by atoms with Crippen LogP contribution >= 0.6 is 0 Å². The summed E-state index contributed by atoms with van der Waals surface area (Å²) >= 11 is 0. The van der Waals surface area contributed by atoms with E-state index < -0.39 is 11.9 Å². The number of aromatic nitrogens is 4. The Hall–Kier alpha value is -3.69. The molecular formula is C20H21N5O5. The highest BCUT2D eigenvalue weighted by Crippen LogP contribution is 2.25. The third-order valence-electron chi connectivity index (χ3n) is 4.74. The van der Waals surface area contributed by atoms with Crippen LogP contribution in [0.5, 0.6) is 0 Å². The molecule has 0 spiro atoms. The van der Waals surface area contributed by atoms with Crippen molar-refractivity contribution in [2.75, 3.05) is 11.9 Å². The lowest BCUT2D eigenvalue weighted by Crippen LogP contribution is -2.21. The second-order valence-corrected chi connectivity index (χ2v) is 6.83. The SMILES string of the molecule is CCOC(=O)CCC(=O)Nc1cc(-c2ccco2)nn1-c1nc2c(c(=O)[nH]1)CCC2. The van der Waals surface area contributed by atoms with Gasteiger partial charge in [-0.05, 0) is 38.3 Å². The normalized spacial score (nSPS) is 12.6. The molecule has 1 amide bonds. The van der Waals surface area contributed by atoms with Crippen LogP contribution in [-0.4, -0.2) is 38.2 Å². The highest BCUT2D eigenvalue weighted by molar-refractivity contribution is 5.92. The summed E-state index contributed by atoms with van der Waals surface area (Å²) in [5, 5.41) is 7.18. The molecule has 0 fully saturated rings. The summed E-state index contributed by atoms with van der Waals surface area (Å²) in [5.41, 5.74) is 1.69. The zero-order chi connectivity index (χ0) is 21.1. The summed E-state index contributed by atoms with van der Waals surface area (Å²) in [6, 6.07) is 5.08. The van der Waals surface area contributed by atoms with Crippen LogP contribution in [0.3, 0.4) is 0 Å². The van der Waals surface area contributed by atoms with E-state index in [2.05, 4.69) is 20.4 Å². The molecule has 3 aromatic heterocycles. The predicted molar refractivity (Wildman–Crippen MR) is 106 cm³/mol. The van der Waals surface area contributed by atoms with Crippen molar-refractivity contribution in [3.8, 4) is 17.4 Å². The number of H-pyrrole nitrogens is 1. The molecule has 3 heterocycles. The van der Waals surface area contributed by atoms with Crippen molar-refractivity contribution in [2.45, 2.75) is 39.0 Å². The average molecular weight is 411 g/mol. The lowest BCUT2D eigenvalue weighted by molar-refractivity contribution is -0.144. The number of ether oxygens (including phenoxy) is 1. The largest absolute Gasteiger partial charge is 0.466 e. The fraction of sp³-hybridized carbons (Fsp3) is 0.350. The third kappa shape index (κ3) is 4.02. The average Bonchev–Trinajstić information content (AvgIpc) is 3.46. The van der Waals surface area contributed by atoms with E-state index in [4.69, 9.17) is 9.15 Å². The number of carbonyl (C=O) groups excluding carboxylic acids is 2. The molecule has 0 unspecified atom stereocenters. The fourth-order valence-electron chi connectivity index (χ4n) is 3.36. The Bertz CT molecular complexity index is 1130. The van der Waals surface area contributed by atoms with Crippen LogP contribution in [-0.2, 0) is 27.2 Å². The van der Waals surface area contributed by atoms with Crippen molar-refractivity contribution >= 4 is 17.7 Å². The maximum Gasteiger partial charge on any atom is 0.306 e. The van der Waals surface area contributed by atoms with Crippen molar-refractivity contribution in [3.63, 3.8) is 0 Å². The van der Waals surface area contributed by atoms with Crippen LogP contribution in [0.4, 0.5) is 5.82 Å². The van der Waals surface area contributed by atoms with Crippen molar-refractivity contribution in [2.24, 2.45) is 0 Å². The Morgan fingerprint density at radius 1 is 1.33 bits per heavy atom. The van der Waals surface area contributed by atoms with Gasteiger partial charge < -0.3 is 14.5 Å². The number of aromatic amines is 1. The fourth-order valence-corrected chi connectivity index (χ4v) is 3.36. The van der Waals surface area contributed by atoms with Crippen LogP contribution in [0.1, 0.15) is 37.4 Å². The summed E-state index contributed by atoms with van der Waals surface area (Å²) in [5.74, 6) is 0.176. The van der Waals surface area contributed by atoms with Gasteiger partial charge in [0.25, 0.3) is 5.56 Å². The Kier molecular flexibility index (Phi) is 5.46. The van der Waals surface area contributed by atoms with Crippen molar-refractivity contribution < 1.29 is 18.7 Å². The van der Waals surface area contributed by atoms with Crippen molar-refractivity contribution in [1.29, 1.82) is 0 Å². The Labute approximate surface area is 171 Å². The summed E-state index contributed by atoms with van der Waals surface area (Å²) in [7, 11) is 0. The molecule has 30 heavy (non-hydrogen) atoms. The quantitative estimate of drug-likeness (QED) is 0.568. The number of hydrogen-bond acceptors (Lipinski definition) is 7. The lowest BCUT2D eigenvalue weighted by Gasteiger charge is -2.09. The molecule has 0 saturated carbocycles. The summed E-state index contributed by atoms with van der Waals surface area (Å²) < 4.78 is 11.6. The van der Waals surface area contributed by atoms with Crippen molar-refractivity contribution in [3.05, 3.63) is 46.1 Å². The molecule has 0 saturated heterocycles. The van der Waals surface area contributed by atoms with Crippen LogP contribution in [0.25, 0.3) is 17.4 Å². The molecule has 4 rings (SSSR count). The van der Waals surface area contributed by atoms with Gasteiger partial charge in [0, 0.05) is 18.1 Å². The maximum absolute atomic E-state index is 12.4. The molecule has 1 aliphatic rings. The van der Waals surface area contributed by atoms with Gasteiger partial charge in [-0.3, -0.25) is 19.4 Å². The molecule has 156 valence electrons. The molecule has 0 aromatic carbocycles. The van der Waals surface area contributed by atoms with Crippen LogP contribution in [0.15, 0.2) is 33.7 Å². The van der Waals surface area contributed by atoms with Gasteiger partial charge >= 0.3 is 5.97 Å². The first-order valence-electron chi connectivity index (χ1n) is 9.77. The Morgan fingerprint density at radius 3 is 2.97 bits per heavy atom. The van der Waals surface area contributed by atoms with Crippen LogP contribution < -0.4 is 10.9 Å². The van der Waals surface area contributed by atoms with Gasteiger partial charge in [-0.2, -0.15) is 9.78 Å². The van der Waals surface area contributed by atoms with E-state index in [-0.39, 0.29) is 31.0 Å². The van der Waals surface area contributed by atoms with E-state index in [1.54, 1.807) is 25.1 Å². The summed E-state index contributed by atoms with van der Waals surface area (Å²) in [4.78, 5) is 43.6. The smallest absolute Gasteiger partial charge is 0.306 e. The number of anilines is 1. The van der Waals surface area contributed by atoms with E-state index in [0.717, 1.165) is 18.5 Å². The molecule has 10 nitrogen and oxygen atoms in total. The maximum atomic E-state index is 12.4.